The van der Waals surface area contributed by atoms with Gasteiger partial charge >= 0.3 is 0 Å². The molecule has 3 heterocycles. The van der Waals surface area contributed by atoms with Crippen molar-refractivity contribution in [1.29, 1.82) is 5.26 Å². The zero-order chi connectivity index (χ0) is 23.2. The minimum absolute atomic E-state index is 0.00346. The van der Waals surface area contributed by atoms with Crippen molar-refractivity contribution in [3.05, 3.63) is 44.6 Å². The van der Waals surface area contributed by atoms with Gasteiger partial charge in [-0.15, -0.1) is 21.5 Å². The van der Waals surface area contributed by atoms with E-state index in [4.69, 9.17) is 5.73 Å². The van der Waals surface area contributed by atoms with Gasteiger partial charge in [0.25, 0.3) is 0 Å². The van der Waals surface area contributed by atoms with Crippen molar-refractivity contribution >= 4 is 45.4 Å². The molecule has 2 aromatic heterocycles. The van der Waals surface area contributed by atoms with Gasteiger partial charge in [0.15, 0.2) is 10.1 Å². The summed E-state index contributed by atoms with van der Waals surface area (Å²) in [4.78, 5) is 17.2. The van der Waals surface area contributed by atoms with Gasteiger partial charge in [-0.25, -0.2) is 0 Å². The van der Waals surface area contributed by atoms with Crippen LogP contribution in [0.25, 0.3) is 0 Å². The number of thiophene rings is 1. The monoisotopic (exact) mass is 485 g/mol. The van der Waals surface area contributed by atoms with E-state index in [1.54, 1.807) is 23.1 Å². The molecule has 0 bridgehead atoms. The molecule has 0 saturated heterocycles. The Morgan fingerprint density at radius 3 is 2.62 bits per heavy atom. The number of carbonyl (C=O) groups excluding carboxylic acids is 1. The van der Waals surface area contributed by atoms with Crippen LogP contribution in [0.4, 0.5) is 5.13 Å². The number of hydrogen-bond acceptors (Lipinski definition) is 9. The van der Waals surface area contributed by atoms with Crippen LogP contribution in [0.2, 0.25) is 0 Å². The summed E-state index contributed by atoms with van der Waals surface area (Å²) in [5, 5.41) is 19.8. The Labute approximate surface area is 201 Å². The fourth-order valence-corrected chi connectivity index (χ4v) is 7.33. The summed E-state index contributed by atoms with van der Waals surface area (Å²) >= 11 is 4.74. The van der Waals surface area contributed by atoms with Gasteiger partial charge in [-0.3, -0.25) is 9.69 Å². The fraction of sp³-hybridized carbons (Fsp3) is 0.478. The van der Waals surface area contributed by atoms with E-state index in [0.29, 0.717) is 33.8 Å². The lowest BCUT2D eigenvalue weighted by molar-refractivity contribution is -0.116. The highest BCUT2D eigenvalue weighted by atomic mass is 32.2. The lowest BCUT2D eigenvalue weighted by Crippen LogP contribution is -2.38. The van der Waals surface area contributed by atoms with Crippen molar-refractivity contribution < 1.29 is 4.79 Å². The maximum atomic E-state index is 13.2. The van der Waals surface area contributed by atoms with Crippen LogP contribution in [0.3, 0.4) is 0 Å². The molecule has 2 aromatic rings. The minimum Gasteiger partial charge on any atom is -0.384 e. The molecular formula is C23H27N5OS3. The van der Waals surface area contributed by atoms with Gasteiger partial charge in [-0.05, 0) is 30.4 Å². The Bertz CT molecular complexity index is 1160. The standard InChI is InChI=1S/C23H27N5OS3/c1-12(2)30-22-27-26-21(32-22)28-14-7-6-8-15(29)19(14)18(13(11-24)20(28)25)16-9-10-17(31-16)23(3,4)5/h9-10,12,18H,6-8,25H2,1-5H3. The smallest absolute Gasteiger partial charge is 0.219 e. The summed E-state index contributed by atoms with van der Waals surface area (Å²) in [5.41, 5.74) is 8.59. The van der Waals surface area contributed by atoms with Crippen molar-refractivity contribution in [2.45, 2.75) is 74.8 Å². The van der Waals surface area contributed by atoms with Gasteiger partial charge in [-0.2, -0.15) is 5.26 Å². The molecule has 168 valence electrons. The van der Waals surface area contributed by atoms with E-state index in [2.05, 4.69) is 57.0 Å². The molecule has 0 amide bonds. The first-order valence-electron chi connectivity index (χ1n) is 10.7. The average Bonchev–Trinajstić information content (AvgIpc) is 3.36. The number of thioether (sulfide) groups is 1. The summed E-state index contributed by atoms with van der Waals surface area (Å²) in [7, 11) is 0. The second-order valence-electron chi connectivity index (χ2n) is 9.29. The molecular weight excluding hydrogens is 458 g/mol. The van der Waals surface area contributed by atoms with Gasteiger partial charge in [0.1, 0.15) is 5.82 Å². The van der Waals surface area contributed by atoms with Crippen LogP contribution in [0.5, 0.6) is 0 Å². The topological polar surface area (TPSA) is 95.9 Å². The Morgan fingerprint density at radius 1 is 1.25 bits per heavy atom. The van der Waals surface area contributed by atoms with Crippen LogP contribution in [-0.4, -0.2) is 21.2 Å². The van der Waals surface area contributed by atoms with Crippen LogP contribution < -0.4 is 10.6 Å². The van der Waals surface area contributed by atoms with E-state index < -0.39 is 5.92 Å². The molecule has 1 unspecified atom stereocenters. The van der Waals surface area contributed by atoms with E-state index in [9.17, 15) is 10.1 Å². The van der Waals surface area contributed by atoms with Crippen molar-refractivity contribution in [2.75, 3.05) is 4.90 Å². The van der Waals surface area contributed by atoms with E-state index in [-0.39, 0.29) is 11.2 Å². The normalized spacial score (nSPS) is 19.6. The Kier molecular flexibility index (Phi) is 6.23. The van der Waals surface area contributed by atoms with E-state index in [0.717, 1.165) is 27.8 Å². The van der Waals surface area contributed by atoms with Crippen LogP contribution in [-0.2, 0) is 10.2 Å². The summed E-state index contributed by atoms with van der Waals surface area (Å²) in [6.07, 6.45) is 1.98. The molecule has 0 spiro atoms. The number of allylic oxidation sites excluding steroid dienone is 3. The largest absolute Gasteiger partial charge is 0.384 e. The number of nitrogens with zero attached hydrogens (tertiary/aromatic N) is 4. The van der Waals surface area contributed by atoms with Crippen molar-refractivity contribution in [3.8, 4) is 6.07 Å². The van der Waals surface area contributed by atoms with Gasteiger partial charge in [0.2, 0.25) is 5.13 Å². The lowest BCUT2D eigenvalue weighted by atomic mass is 9.78. The predicted octanol–water partition coefficient (Wildman–Crippen LogP) is 5.70. The molecule has 2 N–H and O–H groups in total. The number of Topliss-reactive ketones (excluding diaryl/α,β-unsaturated/α-hetero) is 1. The number of hydrogen-bond donors (Lipinski definition) is 1. The van der Waals surface area contributed by atoms with Gasteiger partial charge in [0, 0.05) is 32.7 Å². The number of aromatic nitrogens is 2. The van der Waals surface area contributed by atoms with Crippen molar-refractivity contribution in [3.63, 3.8) is 0 Å². The molecule has 4 rings (SSSR count). The molecule has 2 aliphatic rings. The summed E-state index contributed by atoms with van der Waals surface area (Å²) in [6.45, 7) is 10.7. The number of nitriles is 1. The molecule has 1 atom stereocenters. The molecule has 0 radical (unpaired) electrons. The van der Waals surface area contributed by atoms with Crippen LogP contribution in [0.1, 0.15) is 69.6 Å². The Morgan fingerprint density at radius 2 is 2.00 bits per heavy atom. The Balaban J connectivity index is 1.86. The number of nitrogens with two attached hydrogens (primary N) is 1. The predicted molar refractivity (Wildman–Crippen MR) is 132 cm³/mol. The van der Waals surface area contributed by atoms with Gasteiger partial charge < -0.3 is 5.73 Å². The molecule has 1 aliphatic heterocycles. The quantitative estimate of drug-likeness (QED) is 0.555. The third-order valence-electron chi connectivity index (χ3n) is 5.49. The fourth-order valence-electron chi connectivity index (χ4n) is 4.04. The highest BCUT2D eigenvalue weighted by Gasteiger charge is 2.42. The minimum atomic E-state index is -0.419. The number of rotatable bonds is 4. The zero-order valence-corrected chi connectivity index (χ0v) is 21.4. The first-order valence-corrected chi connectivity index (χ1v) is 13.2. The van der Waals surface area contributed by atoms with E-state index in [1.165, 1.54) is 16.2 Å². The first kappa shape index (κ1) is 23.0. The van der Waals surface area contributed by atoms with E-state index >= 15 is 0 Å². The lowest BCUT2D eigenvalue weighted by Gasteiger charge is -2.37. The van der Waals surface area contributed by atoms with Crippen LogP contribution in [0.15, 0.2) is 39.1 Å². The highest BCUT2D eigenvalue weighted by Crippen LogP contribution is 2.49. The molecule has 1 aliphatic carbocycles. The average molecular weight is 486 g/mol. The molecule has 6 nitrogen and oxygen atoms in total. The number of carbonyl (C=O) groups is 1. The summed E-state index contributed by atoms with van der Waals surface area (Å²) < 4.78 is 0.848. The first-order chi connectivity index (χ1) is 15.1. The maximum absolute atomic E-state index is 13.2. The number of ketones is 1. The third kappa shape index (κ3) is 4.12. The second kappa shape index (κ2) is 8.65. The maximum Gasteiger partial charge on any atom is 0.219 e. The number of anilines is 1. The van der Waals surface area contributed by atoms with Gasteiger partial charge in [0.05, 0.1) is 17.6 Å². The van der Waals surface area contributed by atoms with Crippen LogP contribution >= 0.6 is 34.4 Å². The second-order valence-corrected chi connectivity index (χ2v) is 13.2. The molecule has 0 fully saturated rings. The third-order valence-corrected chi connectivity index (χ3v) is 9.06. The zero-order valence-electron chi connectivity index (χ0n) is 18.9. The molecule has 9 heteroatoms. The highest BCUT2D eigenvalue weighted by molar-refractivity contribution is 8.01. The summed E-state index contributed by atoms with van der Waals surface area (Å²) in [5.74, 6) is 0.0278. The van der Waals surface area contributed by atoms with Crippen molar-refractivity contribution in [1.82, 2.24) is 10.2 Å². The van der Waals surface area contributed by atoms with E-state index in [1.807, 2.05) is 11.0 Å². The van der Waals surface area contributed by atoms with Crippen LogP contribution in [0, 0.1) is 11.3 Å². The Hall–Kier alpha value is -2.15. The van der Waals surface area contributed by atoms with Gasteiger partial charge in [-0.1, -0.05) is 57.7 Å². The summed E-state index contributed by atoms with van der Waals surface area (Å²) in [6, 6.07) is 6.48. The molecule has 32 heavy (non-hydrogen) atoms. The molecule has 0 saturated carbocycles. The van der Waals surface area contributed by atoms with Crippen molar-refractivity contribution in [2.24, 2.45) is 5.73 Å². The SMILES string of the molecule is CC(C)Sc1nnc(N2C(N)=C(C#N)C(c3ccc(C(C)(C)C)s3)C3=C2CCCC3=O)s1. The molecule has 0 aromatic carbocycles.